The zero-order valence-corrected chi connectivity index (χ0v) is 17.9. The van der Waals surface area contributed by atoms with Crippen molar-refractivity contribution in [2.45, 2.75) is 46.1 Å². The van der Waals surface area contributed by atoms with Gasteiger partial charge in [0.25, 0.3) is 5.91 Å². The molecule has 1 aliphatic rings. The van der Waals surface area contributed by atoms with Gasteiger partial charge in [0.2, 0.25) is 0 Å². The molecule has 1 fully saturated rings. The average molecular weight is 406 g/mol. The molecule has 0 saturated heterocycles. The van der Waals surface area contributed by atoms with Crippen molar-refractivity contribution in [3.05, 3.63) is 29.8 Å². The Labute approximate surface area is 173 Å². The Morgan fingerprint density at radius 1 is 1.25 bits per heavy atom. The first-order chi connectivity index (χ1) is 13.4. The highest BCUT2D eigenvalue weighted by Gasteiger charge is 2.27. The fourth-order valence-electron chi connectivity index (χ4n) is 3.39. The molecule has 154 valence electrons. The van der Waals surface area contributed by atoms with E-state index in [9.17, 15) is 4.79 Å². The summed E-state index contributed by atoms with van der Waals surface area (Å²) in [6.45, 7) is 6.97. The van der Waals surface area contributed by atoms with Gasteiger partial charge in [0, 0.05) is 12.1 Å². The lowest BCUT2D eigenvalue weighted by Crippen LogP contribution is -2.52. The van der Waals surface area contributed by atoms with Crippen LogP contribution in [0, 0.1) is 11.8 Å². The molecule has 2 rings (SSSR count). The summed E-state index contributed by atoms with van der Waals surface area (Å²) in [6, 6.07) is 5.84. The van der Waals surface area contributed by atoms with Gasteiger partial charge in [-0.2, -0.15) is 0 Å². The van der Waals surface area contributed by atoms with E-state index in [2.05, 4.69) is 30.0 Å². The van der Waals surface area contributed by atoms with E-state index in [1.807, 2.05) is 25.1 Å². The third-order valence-corrected chi connectivity index (χ3v) is 5.46. The zero-order chi connectivity index (χ0) is 20.5. The van der Waals surface area contributed by atoms with E-state index in [-0.39, 0.29) is 5.91 Å². The zero-order valence-electron chi connectivity index (χ0n) is 17.1. The van der Waals surface area contributed by atoms with Crippen LogP contribution >= 0.6 is 12.2 Å². The lowest BCUT2D eigenvalue weighted by atomic mass is 9.78. The Bertz CT molecular complexity index is 708. The first-order valence-corrected chi connectivity index (χ1v) is 10.2. The van der Waals surface area contributed by atoms with E-state index >= 15 is 0 Å². The van der Waals surface area contributed by atoms with Gasteiger partial charge in [-0.1, -0.05) is 32.8 Å². The van der Waals surface area contributed by atoms with Crippen molar-refractivity contribution >= 4 is 29.3 Å². The molecule has 0 bridgehead atoms. The van der Waals surface area contributed by atoms with Gasteiger partial charge in [-0.05, 0) is 61.2 Å². The van der Waals surface area contributed by atoms with Crippen LogP contribution in [0.1, 0.15) is 45.6 Å². The normalized spacial score (nSPS) is 21.8. The summed E-state index contributed by atoms with van der Waals surface area (Å²) in [5, 5.41) is 3.75. The van der Waals surface area contributed by atoms with E-state index in [4.69, 9.17) is 21.7 Å². The molecule has 0 unspecified atom stereocenters. The predicted molar refractivity (Wildman–Crippen MR) is 116 cm³/mol. The number of hydrazine groups is 1. The average Bonchev–Trinajstić information content (AvgIpc) is 2.68. The van der Waals surface area contributed by atoms with Crippen molar-refractivity contribution < 1.29 is 14.3 Å². The molecule has 0 spiro atoms. The minimum absolute atomic E-state index is 0.289. The molecule has 0 heterocycles. The van der Waals surface area contributed by atoms with Crippen LogP contribution in [0.25, 0.3) is 6.08 Å². The number of carbonyl (C=O) groups excluding carboxylic acids is 1. The second kappa shape index (κ2) is 10.9. The Morgan fingerprint density at radius 3 is 2.75 bits per heavy atom. The number of benzene rings is 1. The summed E-state index contributed by atoms with van der Waals surface area (Å²) in [6.07, 6.45) is 6.71. The van der Waals surface area contributed by atoms with Gasteiger partial charge in [0.15, 0.2) is 16.6 Å². The van der Waals surface area contributed by atoms with E-state index in [0.717, 1.165) is 12.0 Å². The van der Waals surface area contributed by atoms with Crippen LogP contribution in [0.3, 0.4) is 0 Å². The maximum Gasteiger partial charge on any atom is 0.262 e. The maximum absolute atomic E-state index is 12.1. The Morgan fingerprint density at radius 2 is 2.04 bits per heavy atom. The van der Waals surface area contributed by atoms with Crippen LogP contribution in [0.4, 0.5) is 0 Å². The summed E-state index contributed by atoms with van der Waals surface area (Å²) in [4.78, 5) is 12.1. The molecule has 1 aliphatic carbocycles. The number of amides is 1. The molecule has 1 aromatic carbocycles. The number of carbonyl (C=O) groups is 1. The van der Waals surface area contributed by atoms with Gasteiger partial charge in [-0.3, -0.25) is 15.6 Å². The van der Waals surface area contributed by atoms with Crippen LogP contribution < -0.4 is 25.6 Å². The van der Waals surface area contributed by atoms with E-state index in [1.54, 1.807) is 13.2 Å². The minimum Gasteiger partial charge on any atom is -0.493 e. The number of hydrogen-bond donors (Lipinski definition) is 3. The van der Waals surface area contributed by atoms with Crippen molar-refractivity contribution in [1.29, 1.82) is 0 Å². The molecule has 6 nitrogen and oxygen atoms in total. The summed E-state index contributed by atoms with van der Waals surface area (Å²) in [5.41, 5.74) is 6.21. The largest absolute Gasteiger partial charge is 0.493 e. The number of methoxy groups -OCH3 is 1. The van der Waals surface area contributed by atoms with Crippen LogP contribution in [0.15, 0.2) is 24.3 Å². The molecule has 0 radical (unpaired) electrons. The van der Waals surface area contributed by atoms with Crippen LogP contribution in [-0.4, -0.2) is 30.8 Å². The molecular weight excluding hydrogens is 374 g/mol. The van der Waals surface area contributed by atoms with Crippen molar-refractivity contribution in [3.8, 4) is 11.5 Å². The summed E-state index contributed by atoms with van der Waals surface area (Å²) < 4.78 is 10.8. The molecule has 7 heteroatoms. The molecule has 3 atom stereocenters. The first kappa shape index (κ1) is 22.0. The van der Waals surface area contributed by atoms with Crippen molar-refractivity contribution in [3.63, 3.8) is 0 Å². The highest BCUT2D eigenvalue weighted by atomic mass is 32.1. The quantitative estimate of drug-likeness (QED) is 0.383. The highest BCUT2D eigenvalue weighted by Crippen LogP contribution is 2.29. The topological polar surface area (TPSA) is 71.6 Å². The van der Waals surface area contributed by atoms with Crippen molar-refractivity contribution in [1.82, 2.24) is 16.2 Å². The minimum atomic E-state index is -0.289. The third kappa shape index (κ3) is 6.41. The third-order valence-electron chi connectivity index (χ3n) is 5.24. The number of hydrogen-bond acceptors (Lipinski definition) is 4. The Hall–Kier alpha value is -2.28. The molecular formula is C21H31N3O3S. The fourth-order valence-corrected chi connectivity index (χ4v) is 3.59. The van der Waals surface area contributed by atoms with Crippen molar-refractivity contribution in [2.24, 2.45) is 11.8 Å². The number of nitrogens with one attached hydrogen (secondary N) is 3. The fraction of sp³-hybridized carbons (Fsp3) is 0.524. The SMILES string of the molecule is CCOc1cc(/C=C/C(=O)NNC(=S)N[C@H]2CCC[C@@H](C)[C@@H]2C)ccc1OC. The second-order valence-corrected chi connectivity index (χ2v) is 7.55. The van der Waals surface area contributed by atoms with Crippen LogP contribution in [0.5, 0.6) is 11.5 Å². The number of thiocarbonyl (C=S) groups is 1. The Kier molecular flexibility index (Phi) is 8.57. The highest BCUT2D eigenvalue weighted by molar-refractivity contribution is 7.80. The van der Waals surface area contributed by atoms with Gasteiger partial charge in [-0.15, -0.1) is 0 Å². The van der Waals surface area contributed by atoms with Crippen LogP contribution in [0.2, 0.25) is 0 Å². The molecule has 1 aromatic rings. The van der Waals surface area contributed by atoms with Crippen molar-refractivity contribution in [2.75, 3.05) is 13.7 Å². The first-order valence-electron chi connectivity index (χ1n) is 9.80. The molecule has 0 aromatic heterocycles. The Balaban J connectivity index is 1.83. The van der Waals surface area contributed by atoms with Gasteiger partial charge < -0.3 is 14.8 Å². The number of rotatable bonds is 6. The van der Waals surface area contributed by atoms with E-state index in [0.29, 0.717) is 41.1 Å². The second-order valence-electron chi connectivity index (χ2n) is 7.14. The molecule has 3 N–H and O–H groups in total. The van der Waals surface area contributed by atoms with Gasteiger partial charge in [0.1, 0.15) is 0 Å². The van der Waals surface area contributed by atoms with Gasteiger partial charge in [0.05, 0.1) is 13.7 Å². The summed E-state index contributed by atoms with van der Waals surface area (Å²) >= 11 is 5.30. The van der Waals surface area contributed by atoms with Gasteiger partial charge >= 0.3 is 0 Å². The van der Waals surface area contributed by atoms with E-state index < -0.39 is 0 Å². The predicted octanol–water partition coefficient (Wildman–Crippen LogP) is 3.43. The molecule has 1 saturated carbocycles. The van der Waals surface area contributed by atoms with Gasteiger partial charge in [-0.25, -0.2) is 0 Å². The standard InChI is InChI=1S/C21H31N3O3S/c1-5-27-19-13-16(9-11-18(19)26-4)10-12-20(25)23-24-21(28)22-17-8-6-7-14(2)15(17)3/h9-15,17H,5-8H2,1-4H3,(H,23,25)(H2,22,24,28)/b12-10+/t14-,15+,17+/m1/s1. The maximum atomic E-state index is 12.1. The number of ether oxygens (including phenoxy) is 2. The lowest BCUT2D eigenvalue weighted by Gasteiger charge is -2.35. The lowest BCUT2D eigenvalue weighted by molar-refractivity contribution is -0.116. The monoisotopic (exact) mass is 405 g/mol. The molecule has 1 amide bonds. The summed E-state index contributed by atoms with van der Waals surface area (Å²) in [5.74, 6) is 2.25. The molecule has 28 heavy (non-hydrogen) atoms. The van der Waals surface area contributed by atoms with Crippen LogP contribution in [-0.2, 0) is 4.79 Å². The van der Waals surface area contributed by atoms with E-state index in [1.165, 1.54) is 18.9 Å². The smallest absolute Gasteiger partial charge is 0.262 e. The summed E-state index contributed by atoms with van der Waals surface area (Å²) in [7, 11) is 1.60. The molecule has 0 aliphatic heterocycles.